The highest BCUT2D eigenvalue weighted by Crippen LogP contribution is 2.32. The molecule has 0 spiro atoms. The molecule has 0 saturated carbocycles. The maximum absolute atomic E-state index is 12.8. The molecule has 1 amide bonds. The van der Waals surface area contributed by atoms with Crippen molar-refractivity contribution in [1.29, 1.82) is 0 Å². The van der Waals surface area contributed by atoms with Crippen LogP contribution in [-0.4, -0.2) is 77.3 Å². The number of carboxylic acid groups (broad SMARTS) is 1. The summed E-state index contributed by atoms with van der Waals surface area (Å²) in [5, 5.41) is 13.9. The van der Waals surface area contributed by atoms with Crippen LogP contribution in [0.5, 0.6) is 0 Å². The minimum absolute atomic E-state index is 0.202. The highest BCUT2D eigenvalue weighted by Gasteiger charge is 2.34. The van der Waals surface area contributed by atoms with E-state index >= 15 is 0 Å². The average Bonchev–Trinajstić information content (AvgIpc) is 3.36. The van der Waals surface area contributed by atoms with Gasteiger partial charge in [-0.15, -0.1) is 0 Å². The number of nitrogens with one attached hydrogen (secondary N) is 2. The Balaban J connectivity index is 1.45. The van der Waals surface area contributed by atoms with Gasteiger partial charge in [0.2, 0.25) is 0 Å². The summed E-state index contributed by atoms with van der Waals surface area (Å²) in [5.41, 5.74) is 1.48. The lowest BCUT2D eigenvalue weighted by atomic mass is 10.0. The Kier molecular flexibility index (Phi) is 8.04. The van der Waals surface area contributed by atoms with Gasteiger partial charge in [-0.3, -0.25) is 9.69 Å². The number of aromatic nitrogens is 2. The van der Waals surface area contributed by atoms with E-state index in [0.717, 1.165) is 25.9 Å². The van der Waals surface area contributed by atoms with Crippen molar-refractivity contribution in [2.75, 3.05) is 38.2 Å². The summed E-state index contributed by atoms with van der Waals surface area (Å²) in [5.74, 6) is -1.29. The van der Waals surface area contributed by atoms with Crippen molar-refractivity contribution in [3.63, 3.8) is 0 Å². The lowest BCUT2D eigenvalue weighted by Crippen LogP contribution is -2.55. The van der Waals surface area contributed by atoms with Crippen molar-refractivity contribution >= 4 is 51.5 Å². The zero-order valence-corrected chi connectivity index (χ0v) is 21.5. The molecule has 2 fully saturated rings. The Morgan fingerprint density at radius 1 is 1.24 bits per heavy atom. The molecule has 2 aromatic rings. The first-order valence-electron chi connectivity index (χ1n) is 11.4. The van der Waals surface area contributed by atoms with Gasteiger partial charge in [0.05, 0.1) is 27.9 Å². The fourth-order valence-electron chi connectivity index (χ4n) is 4.54. The van der Waals surface area contributed by atoms with Gasteiger partial charge in [0.15, 0.2) is 5.13 Å². The van der Waals surface area contributed by atoms with E-state index in [0.29, 0.717) is 52.5 Å². The molecule has 4 rings (SSSR count). The summed E-state index contributed by atoms with van der Waals surface area (Å²) in [6.45, 7) is 5.34. The number of aryl methyl sites for hydroxylation is 1. The summed E-state index contributed by atoms with van der Waals surface area (Å²) in [4.78, 5) is 36.9. The number of carbonyl (C=O) groups excluding carboxylic acids is 1. The predicted molar refractivity (Wildman–Crippen MR) is 133 cm³/mol. The fraction of sp³-hybridized carbons (Fsp3) is 0.591. The first-order chi connectivity index (χ1) is 16.3. The lowest BCUT2D eigenvalue weighted by molar-refractivity contribution is 0.0540. The van der Waals surface area contributed by atoms with Crippen LogP contribution < -0.4 is 10.2 Å². The number of aromatic amines is 1. The number of hydrogen-bond acceptors (Lipinski definition) is 7. The van der Waals surface area contributed by atoms with Crippen LogP contribution >= 0.6 is 34.5 Å². The molecule has 3 N–H and O–H groups in total. The number of piperidine rings is 2. The van der Waals surface area contributed by atoms with Gasteiger partial charge in [0, 0.05) is 32.4 Å². The molecule has 186 valence electrons. The van der Waals surface area contributed by atoms with E-state index in [-0.39, 0.29) is 28.8 Å². The number of likely N-dealkylation sites (tertiary alicyclic amines) is 1. The van der Waals surface area contributed by atoms with Crippen LogP contribution in [0.15, 0.2) is 0 Å². The number of carboxylic acids is 1. The third-order valence-electron chi connectivity index (χ3n) is 6.43. The molecule has 2 aliphatic rings. The Morgan fingerprint density at radius 3 is 2.59 bits per heavy atom. The number of rotatable bonds is 7. The Bertz CT molecular complexity index is 1050. The monoisotopic (exact) mass is 529 g/mol. The molecule has 2 atom stereocenters. The number of thiazole rings is 1. The first-order valence-corrected chi connectivity index (χ1v) is 12.9. The molecule has 12 heteroatoms. The molecule has 2 unspecified atom stereocenters. The molecule has 34 heavy (non-hydrogen) atoms. The molecule has 4 heterocycles. The van der Waals surface area contributed by atoms with Crippen LogP contribution in [0.3, 0.4) is 0 Å². The molecular formula is C22H29Cl2N5O4S. The predicted octanol–water partition coefficient (Wildman–Crippen LogP) is 3.79. The van der Waals surface area contributed by atoms with Gasteiger partial charge in [-0.1, -0.05) is 41.0 Å². The topological polar surface area (TPSA) is 111 Å². The summed E-state index contributed by atoms with van der Waals surface area (Å²) in [7, 11) is 1.60. The second kappa shape index (κ2) is 10.8. The van der Waals surface area contributed by atoms with E-state index in [1.165, 1.54) is 17.8 Å². The summed E-state index contributed by atoms with van der Waals surface area (Å²) in [6.07, 6.45) is 3.79. The molecule has 2 aromatic heterocycles. The largest absolute Gasteiger partial charge is 0.477 e. The number of H-pyrrole nitrogens is 1. The maximum Gasteiger partial charge on any atom is 0.347 e. The first kappa shape index (κ1) is 25.2. The fourth-order valence-corrected chi connectivity index (χ4v) is 5.91. The van der Waals surface area contributed by atoms with Crippen LogP contribution in [0.2, 0.25) is 10.0 Å². The van der Waals surface area contributed by atoms with Gasteiger partial charge >= 0.3 is 5.97 Å². The van der Waals surface area contributed by atoms with Crippen LogP contribution in [0, 0.1) is 6.92 Å². The number of ether oxygens (including phenoxy) is 1. The molecule has 0 radical (unpaired) electrons. The van der Waals surface area contributed by atoms with Crippen molar-refractivity contribution < 1.29 is 19.4 Å². The summed E-state index contributed by atoms with van der Waals surface area (Å²) in [6, 6.07) is -0.237. The van der Waals surface area contributed by atoms with Crippen LogP contribution in [0.4, 0.5) is 5.13 Å². The van der Waals surface area contributed by atoms with E-state index in [1.54, 1.807) is 14.0 Å². The Labute approximate surface area is 212 Å². The van der Waals surface area contributed by atoms with Crippen LogP contribution in [0.25, 0.3) is 0 Å². The lowest BCUT2D eigenvalue weighted by Gasteiger charge is -2.37. The van der Waals surface area contributed by atoms with Gasteiger partial charge < -0.3 is 25.0 Å². The van der Waals surface area contributed by atoms with E-state index in [1.807, 2.05) is 4.90 Å². The molecule has 0 aliphatic carbocycles. The normalized spacial score (nSPS) is 21.6. The van der Waals surface area contributed by atoms with Gasteiger partial charge in [-0.05, 0) is 39.3 Å². The third-order valence-corrected chi connectivity index (χ3v) is 8.53. The number of halogens is 2. The van der Waals surface area contributed by atoms with E-state index in [4.69, 9.17) is 32.9 Å². The van der Waals surface area contributed by atoms with E-state index < -0.39 is 5.97 Å². The van der Waals surface area contributed by atoms with Gasteiger partial charge in [-0.25, -0.2) is 9.78 Å². The second-order valence-electron chi connectivity index (χ2n) is 8.76. The number of aromatic carboxylic acids is 1. The van der Waals surface area contributed by atoms with Crippen LogP contribution in [-0.2, 0) is 11.3 Å². The smallest absolute Gasteiger partial charge is 0.347 e. The van der Waals surface area contributed by atoms with Gasteiger partial charge in [0.25, 0.3) is 5.91 Å². The Hall–Kier alpha value is -1.85. The van der Waals surface area contributed by atoms with Gasteiger partial charge in [-0.2, -0.15) is 0 Å². The third kappa shape index (κ3) is 5.36. The van der Waals surface area contributed by atoms with Crippen molar-refractivity contribution in [1.82, 2.24) is 20.2 Å². The molecule has 2 saturated heterocycles. The average molecular weight is 530 g/mol. The summed E-state index contributed by atoms with van der Waals surface area (Å²) >= 11 is 13.5. The minimum Gasteiger partial charge on any atom is -0.477 e. The van der Waals surface area contributed by atoms with E-state index in [9.17, 15) is 14.7 Å². The molecule has 2 aliphatic heterocycles. The van der Waals surface area contributed by atoms with Crippen molar-refractivity contribution in [2.45, 2.75) is 51.3 Å². The highest BCUT2D eigenvalue weighted by molar-refractivity contribution is 7.17. The number of anilines is 1. The number of carbonyl (C=O) groups is 2. The zero-order valence-electron chi connectivity index (χ0n) is 19.2. The second-order valence-corrected chi connectivity index (χ2v) is 10.5. The highest BCUT2D eigenvalue weighted by atomic mass is 35.5. The quantitative estimate of drug-likeness (QED) is 0.500. The number of nitrogens with zero attached hydrogens (tertiary/aromatic N) is 3. The number of amides is 1. The maximum atomic E-state index is 12.8. The molecule has 9 nitrogen and oxygen atoms in total. The zero-order chi connectivity index (χ0) is 24.4. The van der Waals surface area contributed by atoms with Crippen LogP contribution in [0.1, 0.15) is 57.2 Å². The molecular weight excluding hydrogens is 501 g/mol. The number of methoxy groups -OCH3 is 1. The van der Waals surface area contributed by atoms with Crippen molar-refractivity contribution in [3.05, 3.63) is 32.0 Å². The van der Waals surface area contributed by atoms with Crippen molar-refractivity contribution in [3.8, 4) is 0 Å². The van der Waals surface area contributed by atoms with E-state index in [2.05, 4.69) is 15.2 Å². The summed E-state index contributed by atoms with van der Waals surface area (Å²) < 4.78 is 5.68. The molecule has 0 bridgehead atoms. The Morgan fingerprint density at radius 2 is 1.97 bits per heavy atom. The minimum atomic E-state index is -0.946. The molecule has 0 aromatic carbocycles. The van der Waals surface area contributed by atoms with Gasteiger partial charge in [0.1, 0.15) is 10.6 Å². The SMILES string of the molecule is COC1CN(c2nc(CN3CCCCC3)c(C(=O)O)s2)CCC1NC(=O)c1[nH]c(C)c(Cl)c1Cl. The van der Waals surface area contributed by atoms with Crippen molar-refractivity contribution in [2.24, 2.45) is 0 Å². The standard InChI is InChI=1S/C22H29Cl2N5O4S/c1-12-16(23)17(24)18(25-12)20(30)26-13-6-9-29(11-15(13)33-2)22-27-14(19(34-22)21(31)32)10-28-7-4-3-5-8-28/h13,15,25H,3-11H2,1-2H3,(H,26,30)(H,31,32). The number of hydrogen-bond donors (Lipinski definition) is 3.